The number of hydrogen-bond donors (Lipinski definition) is 0. The molecule has 4 heteroatoms. The summed E-state index contributed by atoms with van der Waals surface area (Å²) in [6, 6.07) is 8.63. The lowest BCUT2D eigenvalue weighted by atomic mass is 10.0. The van der Waals surface area contributed by atoms with Crippen molar-refractivity contribution in [2.24, 2.45) is 0 Å². The molecule has 0 bridgehead atoms. The maximum absolute atomic E-state index is 12.1. The first-order valence-corrected chi connectivity index (χ1v) is 5.12. The van der Waals surface area contributed by atoms with E-state index in [-0.39, 0.29) is 11.4 Å². The van der Waals surface area contributed by atoms with Crippen LogP contribution in [-0.2, 0) is 9.53 Å². The van der Waals surface area contributed by atoms with Crippen LogP contribution in [0.1, 0.15) is 10.4 Å². The molecule has 90 valence electrons. The molecule has 0 radical (unpaired) electrons. The normalized spacial score (nSPS) is 10.9. The number of ether oxygens (including phenoxy) is 1. The van der Waals surface area contributed by atoms with Crippen LogP contribution >= 0.6 is 0 Å². The molecule has 0 N–H and O–H groups in total. The molecule has 4 nitrogen and oxygen atoms in total. The van der Waals surface area contributed by atoms with E-state index in [1.54, 1.807) is 43.3 Å². The Labute approximate surface area is 100 Å². The Morgan fingerprint density at radius 3 is 2.24 bits per heavy atom. The van der Waals surface area contributed by atoms with Gasteiger partial charge in [-0.1, -0.05) is 30.3 Å². The highest BCUT2D eigenvalue weighted by Gasteiger charge is 2.20. The minimum atomic E-state index is -0.632. The number of ketones is 1. The summed E-state index contributed by atoms with van der Waals surface area (Å²) in [5.41, 5.74) is 0.481. The number of benzene rings is 1. The lowest BCUT2D eigenvalue weighted by molar-refractivity contribution is -0.135. The van der Waals surface area contributed by atoms with E-state index < -0.39 is 5.97 Å². The summed E-state index contributed by atoms with van der Waals surface area (Å²) in [7, 11) is 4.73. The topological polar surface area (TPSA) is 46.6 Å². The second-order valence-corrected chi connectivity index (χ2v) is 3.69. The van der Waals surface area contributed by atoms with Crippen LogP contribution in [0.25, 0.3) is 0 Å². The van der Waals surface area contributed by atoms with Crippen LogP contribution in [0.5, 0.6) is 0 Å². The van der Waals surface area contributed by atoms with Gasteiger partial charge in [0.25, 0.3) is 0 Å². The molecular formula is C13H15NO3. The molecule has 0 fully saturated rings. The fourth-order valence-electron chi connectivity index (χ4n) is 1.32. The van der Waals surface area contributed by atoms with Crippen LogP contribution in [0.2, 0.25) is 0 Å². The molecule has 0 aliphatic rings. The Morgan fingerprint density at radius 2 is 1.76 bits per heavy atom. The quantitative estimate of drug-likeness (QED) is 0.260. The van der Waals surface area contributed by atoms with E-state index in [0.717, 1.165) is 0 Å². The van der Waals surface area contributed by atoms with Gasteiger partial charge in [-0.25, -0.2) is 4.79 Å². The first-order chi connectivity index (χ1) is 8.06. The third-order valence-corrected chi connectivity index (χ3v) is 2.07. The van der Waals surface area contributed by atoms with Crippen LogP contribution in [0.4, 0.5) is 0 Å². The van der Waals surface area contributed by atoms with Crippen molar-refractivity contribution >= 4 is 11.8 Å². The fourth-order valence-corrected chi connectivity index (χ4v) is 1.32. The Balaban J connectivity index is 3.08. The van der Waals surface area contributed by atoms with E-state index >= 15 is 0 Å². The Bertz CT molecular complexity index is 435. The van der Waals surface area contributed by atoms with E-state index in [1.165, 1.54) is 13.3 Å². The Morgan fingerprint density at radius 1 is 1.18 bits per heavy atom. The summed E-state index contributed by atoms with van der Waals surface area (Å²) in [5, 5.41) is 0. The summed E-state index contributed by atoms with van der Waals surface area (Å²) in [5.74, 6) is -0.973. The largest absolute Gasteiger partial charge is 0.465 e. The molecule has 0 heterocycles. The molecule has 0 unspecified atom stereocenters. The van der Waals surface area contributed by atoms with Crippen molar-refractivity contribution in [1.82, 2.24) is 4.90 Å². The third kappa shape index (κ3) is 3.45. The molecule has 0 amide bonds. The van der Waals surface area contributed by atoms with Gasteiger partial charge in [0, 0.05) is 25.9 Å². The van der Waals surface area contributed by atoms with Crippen molar-refractivity contribution in [3.8, 4) is 0 Å². The predicted octanol–water partition coefficient (Wildman–Crippen LogP) is 1.49. The average molecular weight is 233 g/mol. The second-order valence-electron chi connectivity index (χ2n) is 3.69. The van der Waals surface area contributed by atoms with Crippen LogP contribution in [0.15, 0.2) is 42.1 Å². The maximum atomic E-state index is 12.1. The van der Waals surface area contributed by atoms with Crippen LogP contribution in [0, 0.1) is 0 Å². The average Bonchev–Trinajstić information content (AvgIpc) is 2.35. The van der Waals surface area contributed by atoms with Gasteiger partial charge in [0.05, 0.1) is 7.11 Å². The van der Waals surface area contributed by atoms with Gasteiger partial charge >= 0.3 is 5.97 Å². The molecule has 1 aromatic rings. The summed E-state index contributed by atoms with van der Waals surface area (Å²) in [6.45, 7) is 0. The van der Waals surface area contributed by atoms with Gasteiger partial charge < -0.3 is 9.64 Å². The summed E-state index contributed by atoms with van der Waals surface area (Å²) >= 11 is 0. The number of hydrogen-bond acceptors (Lipinski definition) is 4. The summed E-state index contributed by atoms with van der Waals surface area (Å²) < 4.78 is 4.60. The highest BCUT2D eigenvalue weighted by Crippen LogP contribution is 2.10. The predicted molar refractivity (Wildman–Crippen MR) is 64.6 cm³/mol. The Kier molecular flexibility index (Phi) is 4.46. The third-order valence-electron chi connectivity index (χ3n) is 2.07. The zero-order valence-corrected chi connectivity index (χ0v) is 10.1. The summed E-state index contributed by atoms with van der Waals surface area (Å²) in [6.07, 6.45) is 1.46. The van der Waals surface area contributed by atoms with E-state index in [0.29, 0.717) is 5.56 Å². The summed E-state index contributed by atoms with van der Waals surface area (Å²) in [4.78, 5) is 25.2. The van der Waals surface area contributed by atoms with Gasteiger partial charge in [-0.3, -0.25) is 4.79 Å². The van der Waals surface area contributed by atoms with Crippen molar-refractivity contribution in [2.45, 2.75) is 0 Å². The second kappa shape index (κ2) is 5.84. The van der Waals surface area contributed by atoms with Crippen LogP contribution in [-0.4, -0.2) is 37.9 Å². The molecule has 0 saturated heterocycles. The molecule has 0 spiro atoms. The van der Waals surface area contributed by atoms with Gasteiger partial charge in [0.15, 0.2) is 0 Å². The lowest BCUT2D eigenvalue weighted by Crippen LogP contribution is -2.18. The van der Waals surface area contributed by atoms with Gasteiger partial charge in [-0.2, -0.15) is 0 Å². The van der Waals surface area contributed by atoms with Crippen molar-refractivity contribution in [1.29, 1.82) is 0 Å². The van der Waals surface area contributed by atoms with Gasteiger partial charge in [0.2, 0.25) is 5.78 Å². The Hall–Kier alpha value is -2.10. The number of nitrogens with zero attached hydrogens (tertiary/aromatic N) is 1. The number of esters is 1. The smallest absolute Gasteiger partial charge is 0.343 e. The van der Waals surface area contributed by atoms with Crippen LogP contribution in [0.3, 0.4) is 0 Å². The maximum Gasteiger partial charge on any atom is 0.343 e. The first-order valence-electron chi connectivity index (χ1n) is 5.12. The van der Waals surface area contributed by atoms with Crippen molar-refractivity contribution in [3.05, 3.63) is 47.7 Å². The monoisotopic (exact) mass is 233 g/mol. The highest BCUT2D eigenvalue weighted by atomic mass is 16.5. The van der Waals surface area contributed by atoms with E-state index in [9.17, 15) is 9.59 Å². The molecule has 0 saturated carbocycles. The van der Waals surface area contributed by atoms with Crippen molar-refractivity contribution < 1.29 is 14.3 Å². The van der Waals surface area contributed by atoms with Crippen molar-refractivity contribution in [2.75, 3.05) is 21.2 Å². The van der Waals surface area contributed by atoms with E-state index in [4.69, 9.17) is 0 Å². The van der Waals surface area contributed by atoms with E-state index in [2.05, 4.69) is 4.74 Å². The molecule has 0 aromatic heterocycles. The molecule has 0 aliphatic carbocycles. The number of carbonyl (C=O) groups is 2. The lowest BCUT2D eigenvalue weighted by Gasteiger charge is -2.09. The van der Waals surface area contributed by atoms with Gasteiger partial charge in [0.1, 0.15) is 5.57 Å². The van der Waals surface area contributed by atoms with Crippen LogP contribution < -0.4 is 0 Å². The number of carbonyl (C=O) groups excluding carboxylic acids is 2. The molecular weight excluding hydrogens is 218 g/mol. The molecule has 0 aliphatic heterocycles. The minimum absolute atomic E-state index is 0.0173. The van der Waals surface area contributed by atoms with Gasteiger partial charge in [-0.15, -0.1) is 0 Å². The molecule has 1 rings (SSSR count). The van der Waals surface area contributed by atoms with Crippen molar-refractivity contribution in [3.63, 3.8) is 0 Å². The minimum Gasteiger partial charge on any atom is -0.465 e. The van der Waals surface area contributed by atoms with E-state index in [1.807, 2.05) is 6.07 Å². The number of rotatable bonds is 4. The SMILES string of the molecule is COC(=O)C(=CN(C)C)C(=O)c1ccccc1. The zero-order valence-electron chi connectivity index (χ0n) is 10.1. The highest BCUT2D eigenvalue weighted by molar-refractivity contribution is 6.24. The number of methoxy groups -OCH3 is 1. The number of Topliss-reactive ketones (excluding diaryl/α,β-unsaturated/α-hetero) is 1. The van der Waals surface area contributed by atoms with Gasteiger partial charge in [-0.05, 0) is 0 Å². The fraction of sp³-hybridized carbons (Fsp3) is 0.231. The first kappa shape index (κ1) is 13.0. The zero-order chi connectivity index (χ0) is 12.8. The molecule has 1 aromatic carbocycles. The molecule has 17 heavy (non-hydrogen) atoms. The standard InChI is InChI=1S/C13H15NO3/c1-14(2)9-11(13(16)17-3)12(15)10-7-5-4-6-8-10/h4-9H,1-3H3. The molecule has 0 atom stereocenters.